The molecule has 0 bridgehead atoms. The van der Waals surface area contributed by atoms with Crippen molar-refractivity contribution in [1.82, 2.24) is 0 Å². The van der Waals surface area contributed by atoms with Crippen molar-refractivity contribution in [3.05, 3.63) is 0 Å². The molecule has 0 spiro atoms. The fraction of sp³-hybridized carbons (Fsp3) is 1.00. The molecule has 0 aromatic carbocycles. The second kappa shape index (κ2) is 6.36. The standard InChI is InChI=1S/C6H14O5S/c7-3-1-2-4-11-5-6-12(8,9)10/h7H,1-6H2,(H,8,9,10). The Hall–Kier alpha value is -0.170. The Morgan fingerprint density at radius 1 is 1.17 bits per heavy atom. The van der Waals surface area contributed by atoms with Crippen LogP contribution >= 0.6 is 0 Å². The zero-order valence-electron chi connectivity index (χ0n) is 6.77. The van der Waals surface area contributed by atoms with Crippen LogP contribution in [0.15, 0.2) is 0 Å². The molecule has 0 amide bonds. The Morgan fingerprint density at radius 2 is 1.83 bits per heavy atom. The lowest BCUT2D eigenvalue weighted by molar-refractivity contribution is 0.137. The summed E-state index contributed by atoms with van der Waals surface area (Å²) in [4.78, 5) is 0. The van der Waals surface area contributed by atoms with Gasteiger partial charge in [0.1, 0.15) is 0 Å². The summed E-state index contributed by atoms with van der Waals surface area (Å²) in [5.74, 6) is -0.369. The molecule has 5 nitrogen and oxygen atoms in total. The van der Waals surface area contributed by atoms with Gasteiger partial charge in [-0.2, -0.15) is 8.42 Å². The van der Waals surface area contributed by atoms with Crippen molar-refractivity contribution in [3.63, 3.8) is 0 Å². The molecule has 0 fully saturated rings. The lowest BCUT2D eigenvalue weighted by Gasteiger charge is -2.00. The van der Waals surface area contributed by atoms with E-state index in [1.165, 1.54) is 0 Å². The highest BCUT2D eigenvalue weighted by molar-refractivity contribution is 7.85. The van der Waals surface area contributed by atoms with Crippen molar-refractivity contribution in [2.24, 2.45) is 0 Å². The van der Waals surface area contributed by atoms with Crippen molar-refractivity contribution in [2.75, 3.05) is 25.6 Å². The van der Waals surface area contributed by atoms with Crippen molar-refractivity contribution in [2.45, 2.75) is 12.8 Å². The predicted molar refractivity (Wildman–Crippen MR) is 43.6 cm³/mol. The fourth-order valence-electron chi connectivity index (χ4n) is 0.582. The molecule has 0 heterocycles. The van der Waals surface area contributed by atoms with E-state index in [2.05, 4.69) is 0 Å². The van der Waals surface area contributed by atoms with Crippen molar-refractivity contribution >= 4 is 10.1 Å². The van der Waals surface area contributed by atoms with Gasteiger partial charge in [-0.1, -0.05) is 0 Å². The molecule has 0 aromatic heterocycles. The molecule has 0 aromatic rings. The minimum atomic E-state index is -3.89. The van der Waals surface area contributed by atoms with Crippen molar-refractivity contribution < 1.29 is 22.8 Å². The van der Waals surface area contributed by atoms with Gasteiger partial charge < -0.3 is 9.84 Å². The molecule has 0 rings (SSSR count). The van der Waals surface area contributed by atoms with Gasteiger partial charge in [0.05, 0.1) is 12.4 Å². The Labute approximate surface area is 72.1 Å². The predicted octanol–water partition coefficient (Wildman–Crippen LogP) is -0.337. The molecular formula is C6H14O5S. The van der Waals surface area contributed by atoms with Gasteiger partial charge in [-0.05, 0) is 12.8 Å². The molecule has 0 saturated carbocycles. The lowest BCUT2D eigenvalue weighted by Crippen LogP contribution is -2.11. The summed E-state index contributed by atoms with van der Waals surface area (Å²) in [5, 5.41) is 8.36. The summed E-state index contributed by atoms with van der Waals surface area (Å²) in [5.41, 5.74) is 0. The first-order valence-electron chi connectivity index (χ1n) is 3.70. The maximum absolute atomic E-state index is 10.2. The first-order chi connectivity index (χ1) is 5.56. The van der Waals surface area contributed by atoms with Gasteiger partial charge >= 0.3 is 0 Å². The molecular weight excluding hydrogens is 184 g/mol. The van der Waals surface area contributed by atoms with Crippen LogP contribution in [-0.2, 0) is 14.9 Å². The smallest absolute Gasteiger partial charge is 0.267 e. The second-order valence-electron chi connectivity index (χ2n) is 2.33. The maximum atomic E-state index is 10.2. The summed E-state index contributed by atoms with van der Waals surface area (Å²) in [6.07, 6.45) is 1.34. The number of hydrogen-bond donors (Lipinski definition) is 2. The van der Waals surface area contributed by atoms with Crippen LogP contribution in [0.25, 0.3) is 0 Å². The monoisotopic (exact) mass is 198 g/mol. The zero-order valence-corrected chi connectivity index (χ0v) is 7.59. The van der Waals surface area contributed by atoms with Crippen LogP contribution < -0.4 is 0 Å². The average Bonchev–Trinajstić information content (AvgIpc) is 1.94. The Morgan fingerprint density at radius 3 is 2.33 bits per heavy atom. The van der Waals surface area contributed by atoms with E-state index < -0.39 is 10.1 Å². The highest BCUT2D eigenvalue weighted by atomic mass is 32.2. The lowest BCUT2D eigenvalue weighted by atomic mass is 10.3. The van der Waals surface area contributed by atoms with E-state index in [1.54, 1.807) is 0 Å². The number of hydrogen-bond acceptors (Lipinski definition) is 4. The second-order valence-corrected chi connectivity index (χ2v) is 3.90. The average molecular weight is 198 g/mol. The van der Waals surface area contributed by atoms with Gasteiger partial charge in [-0.3, -0.25) is 4.55 Å². The highest BCUT2D eigenvalue weighted by Gasteiger charge is 2.02. The molecule has 0 saturated heterocycles. The van der Waals surface area contributed by atoms with Crippen LogP contribution in [0, 0.1) is 0 Å². The quantitative estimate of drug-likeness (QED) is 0.432. The third-order valence-corrected chi connectivity index (χ3v) is 1.86. The van der Waals surface area contributed by atoms with Gasteiger partial charge in [0.2, 0.25) is 0 Å². The van der Waals surface area contributed by atoms with E-state index in [4.69, 9.17) is 14.4 Å². The maximum Gasteiger partial charge on any atom is 0.267 e. The zero-order chi connectivity index (χ0) is 9.45. The van der Waals surface area contributed by atoms with Gasteiger partial charge in [-0.25, -0.2) is 0 Å². The van der Waals surface area contributed by atoms with Crippen LogP contribution in [0.4, 0.5) is 0 Å². The number of aliphatic hydroxyl groups is 1. The fourth-order valence-corrected chi connectivity index (χ4v) is 0.911. The molecule has 2 N–H and O–H groups in total. The third-order valence-electron chi connectivity index (χ3n) is 1.18. The van der Waals surface area contributed by atoms with E-state index in [0.717, 1.165) is 0 Å². The molecule has 0 aliphatic carbocycles. The van der Waals surface area contributed by atoms with Crippen LogP contribution in [0.5, 0.6) is 0 Å². The van der Waals surface area contributed by atoms with E-state index >= 15 is 0 Å². The molecule has 0 aliphatic heterocycles. The first-order valence-corrected chi connectivity index (χ1v) is 5.31. The van der Waals surface area contributed by atoms with E-state index in [0.29, 0.717) is 19.4 Å². The third kappa shape index (κ3) is 9.83. The summed E-state index contributed by atoms with van der Waals surface area (Å²) in [7, 11) is -3.89. The Balaban J connectivity index is 3.12. The van der Waals surface area contributed by atoms with Crippen molar-refractivity contribution in [1.29, 1.82) is 0 Å². The molecule has 12 heavy (non-hydrogen) atoms. The number of unbranched alkanes of at least 4 members (excludes halogenated alkanes) is 1. The molecule has 0 unspecified atom stereocenters. The SMILES string of the molecule is O=S(=O)(O)CCOCCCCO. The molecule has 0 aliphatic rings. The summed E-state index contributed by atoms with van der Waals surface area (Å²) >= 11 is 0. The summed E-state index contributed by atoms with van der Waals surface area (Å²) in [6.45, 7) is 0.530. The van der Waals surface area contributed by atoms with Crippen molar-refractivity contribution in [3.8, 4) is 0 Å². The summed E-state index contributed by atoms with van der Waals surface area (Å²) < 4.78 is 33.4. The van der Waals surface area contributed by atoms with Crippen LogP contribution in [-0.4, -0.2) is 43.7 Å². The van der Waals surface area contributed by atoms with Crippen LogP contribution in [0.3, 0.4) is 0 Å². The Bertz CT molecular complexity index is 186. The highest BCUT2D eigenvalue weighted by Crippen LogP contribution is 1.89. The van der Waals surface area contributed by atoms with E-state index in [-0.39, 0.29) is 19.0 Å². The van der Waals surface area contributed by atoms with Crippen LogP contribution in [0.2, 0.25) is 0 Å². The minimum Gasteiger partial charge on any atom is -0.396 e. The minimum absolute atomic E-state index is 0.00423. The van der Waals surface area contributed by atoms with E-state index in [1.807, 2.05) is 0 Å². The van der Waals surface area contributed by atoms with Gasteiger partial charge in [0, 0.05) is 13.2 Å². The normalized spacial score (nSPS) is 11.8. The van der Waals surface area contributed by atoms with E-state index in [9.17, 15) is 8.42 Å². The molecule has 6 heteroatoms. The Kier molecular flexibility index (Phi) is 6.27. The van der Waals surface area contributed by atoms with Gasteiger partial charge in [0.25, 0.3) is 10.1 Å². The molecule has 0 radical (unpaired) electrons. The topological polar surface area (TPSA) is 83.8 Å². The van der Waals surface area contributed by atoms with Gasteiger partial charge in [0.15, 0.2) is 0 Å². The number of aliphatic hydroxyl groups excluding tert-OH is 1. The largest absolute Gasteiger partial charge is 0.396 e. The molecule has 74 valence electrons. The molecule has 0 atom stereocenters. The number of ether oxygens (including phenoxy) is 1. The summed E-state index contributed by atoms with van der Waals surface area (Å²) in [6, 6.07) is 0. The number of rotatable bonds is 7. The van der Waals surface area contributed by atoms with Gasteiger partial charge in [-0.15, -0.1) is 0 Å². The van der Waals surface area contributed by atoms with Crippen LogP contribution in [0.1, 0.15) is 12.8 Å². The first kappa shape index (κ1) is 11.8.